The van der Waals surface area contributed by atoms with E-state index in [2.05, 4.69) is 10.6 Å². The monoisotopic (exact) mass is 356 g/mol. The number of hydrogen-bond donors (Lipinski definition) is 3. The highest BCUT2D eigenvalue weighted by molar-refractivity contribution is 5.89. The van der Waals surface area contributed by atoms with Crippen LogP contribution in [0.25, 0.3) is 0 Å². The molecule has 3 amide bonds. The molecule has 0 saturated carbocycles. The van der Waals surface area contributed by atoms with E-state index >= 15 is 0 Å². The minimum atomic E-state index is -0.307. The summed E-state index contributed by atoms with van der Waals surface area (Å²) in [6.45, 7) is 4.41. The molecule has 2 aromatic carbocycles. The van der Waals surface area contributed by atoms with Crippen LogP contribution in [0.5, 0.6) is 0 Å². The smallest absolute Gasteiger partial charge is 0.319 e. The van der Waals surface area contributed by atoms with Crippen LogP contribution in [0, 0.1) is 0 Å². The first-order valence-electron chi connectivity index (χ1n) is 8.37. The predicted molar refractivity (Wildman–Crippen MR) is 101 cm³/mol. The van der Waals surface area contributed by atoms with Gasteiger partial charge >= 0.3 is 6.03 Å². The molecule has 26 heavy (non-hydrogen) atoms. The van der Waals surface area contributed by atoms with Gasteiger partial charge in [0, 0.05) is 31.4 Å². The molecule has 0 aliphatic heterocycles. The van der Waals surface area contributed by atoms with E-state index in [4.69, 9.17) is 10.6 Å². The van der Waals surface area contributed by atoms with Gasteiger partial charge in [-0.3, -0.25) is 9.63 Å². The zero-order valence-corrected chi connectivity index (χ0v) is 15.0. The molecule has 0 fully saturated rings. The number of amides is 3. The standard InChI is InChI=1S/C19H24N4O3/c1-3-23(14(2)24)26-13-16-5-4-6-18(11-16)22-19(25)21-12-15-7-9-17(20)10-8-15/h4-11H,3,12-13,20H2,1-2H3,(H2,21,22,25). The SMILES string of the molecule is CCN(OCc1cccc(NC(=O)NCc2ccc(N)cc2)c1)C(C)=O. The summed E-state index contributed by atoms with van der Waals surface area (Å²) in [6.07, 6.45) is 0. The molecule has 2 rings (SSSR count). The van der Waals surface area contributed by atoms with Gasteiger partial charge < -0.3 is 16.4 Å². The summed E-state index contributed by atoms with van der Waals surface area (Å²) in [4.78, 5) is 28.8. The lowest BCUT2D eigenvalue weighted by molar-refractivity contribution is -0.187. The summed E-state index contributed by atoms with van der Waals surface area (Å²) < 4.78 is 0. The molecule has 0 aliphatic rings. The molecule has 0 aliphatic carbocycles. The Hall–Kier alpha value is -3.06. The lowest BCUT2D eigenvalue weighted by atomic mass is 10.2. The summed E-state index contributed by atoms with van der Waals surface area (Å²) in [5.41, 5.74) is 8.77. The van der Waals surface area contributed by atoms with Gasteiger partial charge in [-0.05, 0) is 42.3 Å². The Balaban J connectivity index is 1.85. The Kier molecular flexibility index (Phi) is 6.99. The highest BCUT2D eigenvalue weighted by atomic mass is 16.7. The first-order valence-corrected chi connectivity index (χ1v) is 8.37. The number of benzene rings is 2. The van der Waals surface area contributed by atoms with Crippen LogP contribution in [-0.4, -0.2) is 23.5 Å². The minimum Gasteiger partial charge on any atom is -0.399 e. The number of rotatable bonds is 7. The number of carbonyl (C=O) groups excluding carboxylic acids is 2. The van der Waals surface area contributed by atoms with Crippen LogP contribution >= 0.6 is 0 Å². The van der Waals surface area contributed by atoms with E-state index < -0.39 is 0 Å². The van der Waals surface area contributed by atoms with Crippen LogP contribution in [0.2, 0.25) is 0 Å². The zero-order valence-electron chi connectivity index (χ0n) is 15.0. The second kappa shape index (κ2) is 9.43. The Morgan fingerprint density at radius 3 is 2.50 bits per heavy atom. The van der Waals surface area contributed by atoms with Crippen molar-refractivity contribution >= 4 is 23.3 Å². The third-order valence-corrected chi connectivity index (χ3v) is 3.64. The molecule has 7 heteroatoms. The highest BCUT2D eigenvalue weighted by Crippen LogP contribution is 2.12. The van der Waals surface area contributed by atoms with Crippen molar-refractivity contribution in [1.29, 1.82) is 0 Å². The number of nitrogen functional groups attached to an aromatic ring is 1. The van der Waals surface area contributed by atoms with Crippen LogP contribution < -0.4 is 16.4 Å². The van der Waals surface area contributed by atoms with E-state index in [1.807, 2.05) is 31.2 Å². The molecule has 0 heterocycles. The number of hydroxylamine groups is 2. The fraction of sp³-hybridized carbons (Fsp3) is 0.263. The van der Waals surface area contributed by atoms with Gasteiger partial charge in [0.15, 0.2) is 0 Å². The van der Waals surface area contributed by atoms with Crippen LogP contribution in [0.15, 0.2) is 48.5 Å². The summed E-state index contributed by atoms with van der Waals surface area (Å²) in [7, 11) is 0. The minimum absolute atomic E-state index is 0.149. The molecule has 0 unspecified atom stereocenters. The van der Waals surface area contributed by atoms with E-state index in [0.29, 0.717) is 24.5 Å². The van der Waals surface area contributed by atoms with Gasteiger partial charge in [0.1, 0.15) is 6.61 Å². The summed E-state index contributed by atoms with van der Waals surface area (Å²) in [5, 5.41) is 6.85. The number of carbonyl (C=O) groups is 2. The first kappa shape index (κ1) is 19.3. The largest absolute Gasteiger partial charge is 0.399 e. The van der Waals surface area contributed by atoms with Gasteiger partial charge in [0.05, 0.1) is 0 Å². The maximum absolute atomic E-state index is 12.0. The molecule has 138 valence electrons. The van der Waals surface area contributed by atoms with E-state index in [1.54, 1.807) is 24.3 Å². The molecule has 0 aromatic heterocycles. The van der Waals surface area contributed by atoms with Gasteiger partial charge in [-0.25, -0.2) is 9.86 Å². The molecule has 0 saturated heterocycles. The van der Waals surface area contributed by atoms with E-state index in [9.17, 15) is 9.59 Å². The second-order valence-electron chi connectivity index (χ2n) is 5.74. The van der Waals surface area contributed by atoms with Gasteiger partial charge in [-0.1, -0.05) is 24.3 Å². The average Bonchev–Trinajstić information content (AvgIpc) is 2.62. The molecule has 0 bridgehead atoms. The fourth-order valence-corrected chi connectivity index (χ4v) is 2.29. The molecule has 4 N–H and O–H groups in total. The van der Waals surface area contributed by atoms with E-state index in [0.717, 1.165) is 11.1 Å². The summed E-state index contributed by atoms with van der Waals surface area (Å²) >= 11 is 0. The predicted octanol–water partition coefficient (Wildman–Crippen LogP) is 2.89. The number of nitrogens with zero attached hydrogens (tertiary/aromatic N) is 1. The van der Waals surface area contributed by atoms with Crippen molar-refractivity contribution in [3.63, 3.8) is 0 Å². The Labute approximate surface area is 153 Å². The molecule has 0 spiro atoms. The normalized spacial score (nSPS) is 10.2. The summed E-state index contributed by atoms with van der Waals surface area (Å²) in [6, 6.07) is 14.3. The fourth-order valence-electron chi connectivity index (χ4n) is 2.29. The van der Waals surface area contributed by atoms with Crippen LogP contribution in [0.3, 0.4) is 0 Å². The van der Waals surface area contributed by atoms with E-state index in [-0.39, 0.29) is 18.5 Å². The molecule has 2 aromatic rings. The van der Waals surface area contributed by atoms with Crippen molar-refractivity contribution < 1.29 is 14.4 Å². The second-order valence-corrected chi connectivity index (χ2v) is 5.74. The molecule has 0 atom stereocenters. The average molecular weight is 356 g/mol. The first-order chi connectivity index (χ1) is 12.5. The van der Waals surface area contributed by atoms with Crippen LogP contribution in [0.4, 0.5) is 16.2 Å². The van der Waals surface area contributed by atoms with Crippen molar-refractivity contribution in [2.45, 2.75) is 27.0 Å². The number of hydrogen-bond acceptors (Lipinski definition) is 4. The third-order valence-electron chi connectivity index (χ3n) is 3.64. The summed E-state index contributed by atoms with van der Waals surface area (Å²) in [5.74, 6) is -0.149. The third kappa shape index (κ3) is 6.10. The Bertz CT molecular complexity index is 747. The Morgan fingerprint density at radius 2 is 1.85 bits per heavy atom. The highest BCUT2D eigenvalue weighted by Gasteiger charge is 2.07. The zero-order chi connectivity index (χ0) is 18.9. The maximum Gasteiger partial charge on any atom is 0.319 e. The number of anilines is 2. The van der Waals surface area contributed by atoms with E-state index in [1.165, 1.54) is 12.0 Å². The van der Waals surface area contributed by atoms with Crippen molar-refractivity contribution in [2.24, 2.45) is 0 Å². The Morgan fingerprint density at radius 1 is 1.12 bits per heavy atom. The van der Waals surface area contributed by atoms with Crippen molar-refractivity contribution in [2.75, 3.05) is 17.6 Å². The lowest BCUT2D eigenvalue weighted by Crippen LogP contribution is -2.29. The molecular formula is C19H24N4O3. The van der Waals surface area contributed by atoms with Crippen molar-refractivity contribution in [1.82, 2.24) is 10.4 Å². The maximum atomic E-state index is 12.0. The number of urea groups is 1. The van der Waals surface area contributed by atoms with Crippen molar-refractivity contribution in [3.05, 3.63) is 59.7 Å². The van der Waals surface area contributed by atoms with Gasteiger partial charge in [-0.15, -0.1) is 0 Å². The van der Waals surface area contributed by atoms with Gasteiger partial charge in [0.25, 0.3) is 0 Å². The van der Waals surface area contributed by atoms with Gasteiger partial charge in [0.2, 0.25) is 5.91 Å². The molecule has 7 nitrogen and oxygen atoms in total. The lowest BCUT2D eigenvalue weighted by Gasteiger charge is -2.18. The molecular weight excluding hydrogens is 332 g/mol. The topological polar surface area (TPSA) is 96.7 Å². The van der Waals surface area contributed by atoms with Crippen LogP contribution in [0.1, 0.15) is 25.0 Å². The van der Waals surface area contributed by atoms with Crippen molar-refractivity contribution in [3.8, 4) is 0 Å². The number of nitrogens with two attached hydrogens (primary N) is 1. The molecule has 0 radical (unpaired) electrons. The quantitative estimate of drug-likeness (QED) is 0.525. The van der Waals surface area contributed by atoms with Crippen LogP contribution in [-0.2, 0) is 22.8 Å². The van der Waals surface area contributed by atoms with Gasteiger partial charge in [-0.2, -0.15) is 0 Å². The number of nitrogens with one attached hydrogen (secondary N) is 2.